The minimum absolute atomic E-state index is 0.139. The number of hydrogen-bond acceptors (Lipinski definition) is 4. The lowest BCUT2D eigenvalue weighted by molar-refractivity contribution is 0.281. The van der Waals surface area contributed by atoms with Crippen molar-refractivity contribution in [3.63, 3.8) is 0 Å². The number of nitrogens with zero attached hydrogens (tertiary/aromatic N) is 1. The average molecular weight is 295 g/mol. The Morgan fingerprint density at radius 2 is 1.95 bits per heavy atom. The van der Waals surface area contributed by atoms with Gasteiger partial charge in [-0.1, -0.05) is 41.6 Å². The Bertz CT molecular complexity index is 793. The van der Waals surface area contributed by atoms with Gasteiger partial charge in [0.25, 0.3) is 0 Å². The molecule has 0 saturated heterocycles. The molecule has 0 aliphatic heterocycles. The van der Waals surface area contributed by atoms with Crippen molar-refractivity contribution in [3.8, 4) is 28.3 Å². The highest BCUT2D eigenvalue weighted by Gasteiger charge is 2.19. The van der Waals surface area contributed by atoms with Gasteiger partial charge in [0, 0.05) is 11.1 Å². The van der Waals surface area contributed by atoms with Gasteiger partial charge in [0.05, 0.1) is 19.3 Å². The van der Waals surface area contributed by atoms with E-state index >= 15 is 0 Å². The summed E-state index contributed by atoms with van der Waals surface area (Å²) < 4.78 is 10.8. The Kier molecular flexibility index (Phi) is 3.94. The van der Waals surface area contributed by atoms with Crippen LogP contribution in [-0.2, 0) is 6.61 Å². The number of ether oxygens (including phenoxy) is 1. The van der Waals surface area contributed by atoms with Gasteiger partial charge in [-0.2, -0.15) is 0 Å². The fourth-order valence-corrected chi connectivity index (χ4v) is 2.49. The second-order valence-electron chi connectivity index (χ2n) is 5.04. The van der Waals surface area contributed by atoms with E-state index in [2.05, 4.69) is 5.16 Å². The molecule has 4 nitrogen and oxygen atoms in total. The molecule has 3 aromatic rings. The molecule has 0 fully saturated rings. The number of aromatic nitrogens is 1. The normalized spacial score (nSPS) is 10.7. The van der Waals surface area contributed by atoms with Gasteiger partial charge in [0.2, 0.25) is 0 Å². The third kappa shape index (κ3) is 2.49. The van der Waals surface area contributed by atoms with E-state index < -0.39 is 0 Å². The first kappa shape index (κ1) is 14.4. The number of aliphatic hydroxyl groups is 1. The number of benzene rings is 2. The molecule has 0 aliphatic carbocycles. The van der Waals surface area contributed by atoms with E-state index in [9.17, 15) is 5.11 Å². The van der Waals surface area contributed by atoms with Crippen molar-refractivity contribution in [1.82, 2.24) is 5.16 Å². The van der Waals surface area contributed by atoms with Crippen LogP contribution in [0.15, 0.2) is 53.1 Å². The summed E-state index contributed by atoms with van der Waals surface area (Å²) in [6.45, 7) is 1.87. The van der Waals surface area contributed by atoms with Crippen LogP contribution in [0.1, 0.15) is 11.1 Å². The summed E-state index contributed by atoms with van der Waals surface area (Å²) in [5.74, 6) is 1.35. The van der Waals surface area contributed by atoms with Crippen LogP contribution in [0.2, 0.25) is 0 Å². The quantitative estimate of drug-likeness (QED) is 0.795. The molecule has 0 atom stereocenters. The minimum Gasteiger partial charge on any atom is -0.497 e. The highest BCUT2D eigenvalue weighted by Crippen LogP contribution is 2.34. The van der Waals surface area contributed by atoms with Gasteiger partial charge >= 0.3 is 0 Å². The number of rotatable bonds is 4. The summed E-state index contributed by atoms with van der Waals surface area (Å²) in [7, 11) is 1.62. The molecule has 0 aliphatic rings. The van der Waals surface area contributed by atoms with Crippen LogP contribution in [-0.4, -0.2) is 17.4 Å². The van der Waals surface area contributed by atoms with Crippen molar-refractivity contribution in [2.45, 2.75) is 13.5 Å². The zero-order chi connectivity index (χ0) is 15.5. The molecule has 112 valence electrons. The van der Waals surface area contributed by atoms with Crippen molar-refractivity contribution in [1.29, 1.82) is 0 Å². The third-order valence-electron chi connectivity index (χ3n) is 3.68. The second kappa shape index (κ2) is 6.03. The van der Waals surface area contributed by atoms with Crippen LogP contribution >= 0.6 is 0 Å². The zero-order valence-electron chi connectivity index (χ0n) is 12.5. The highest BCUT2D eigenvalue weighted by atomic mass is 16.5. The number of methoxy groups -OCH3 is 1. The first-order valence-electron chi connectivity index (χ1n) is 7.04. The van der Waals surface area contributed by atoms with Gasteiger partial charge < -0.3 is 14.4 Å². The lowest BCUT2D eigenvalue weighted by Gasteiger charge is -2.05. The van der Waals surface area contributed by atoms with E-state index in [0.717, 1.165) is 22.4 Å². The van der Waals surface area contributed by atoms with Crippen molar-refractivity contribution >= 4 is 0 Å². The Morgan fingerprint density at radius 1 is 1.14 bits per heavy atom. The van der Waals surface area contributed by atoms with Crippen molar-refractivity contribution < 1.29 is 14.4 Å². The predicted octanol–water partition coefficient (Wildman–Crippen LogP) is 3.82. The molecule has 0 radical (unpaired) electrons. The first-order valence-corrected chi connectivity index (χ1v) is 7.04. The second-order valence-corrected chi connectivity index (χ2v) is 5.04. The van der Waals surface area contributed by atoms with Crippen LogP contribution in [0.5, 0.6) is 5.75 Å². The van der Waals surface area contributed by atoms with Crippen LogP contribution < -0.4 is 4.74 Å². The smallest absolute Gasteiger partial charge is 0.173 e. The van der Waals surface area contributed by atoms with Gasteiger partial charge in [0.15, 0.2) is 5.76 Å². The Hall–Kier alpha value is -2.59. The fraction of sp³-hybridized carbons (Fsp3) is 0.167. The summed E-state index contributed by atoms with van der Waals surface area (Å²) in [5, 5.41) is 14.0. The maximum absolute atomic E-state index is 9.80. The van der Waals surface area contributed by atoms with E-state index in [0.29, 0.717) is 17.0 Å². The van der Waals surface area contributed by atoms with Gasteiger partial charge in [-0.3, -0.25) is 0 Å². The predicted molar refractivity (Wildman–Crippen MR) is 84.6 cm³/mol. The van der Waals surface area contributed by atoms with E-state index in [4.69, 9.17) is 9.26 Å². The van der Waals surface area contributed by atoms with E-state index in [1.807, 2.05) is 55.5 Å². The Morgan fingerprint density at radius 3 is 2.68 bits per heavy atom. The summed E-state index contributed by atoms with van der Waals surface area (Å²) in [4.78, 5) is 0. The molecule has 3 rings (SSSR count). The van der Waals surface area contributed by atoms with E-state index in [1.54, 1.807) is 7.11 Å². The standard InChI is InChI=1S/C18H17NO3/c1-12-6-3-4-9-15(12)18-16(11-20)17(19-22-18)13-7-5-8-14(10-13)21-2/h3-10,20H,11H2,1-2H3. The maximum atomic E-state index is 9.80. The van der Waals surface area contributed by atoms with Crippen LogP contribution in [0.25, 0.3) is 22.6 Å². The number of hydrogen-bond donors (Lipinski definition) is 1. The molecule has 0 saturated carbocycles. The molecular formula is C18H17NO3. The molecule has 1 aromatic heterocycles. The SMILES string of the molecule is COc1cccc(-c2noc(-c3ccccc3C)c2CO)c1. The van der Waals surface area contributed by atoms with Crippen LogP contribution in [0.3, 0.4) is 0 Å². The van der Waals surface area contributed by atoms with Crippen molar-refractivity contribution in [3.05, 3.63) is 59.7 Å². The maximum Gasteiger partial charge on any atom is 0.173 e. The molecule has 22 heavy (non-hydrogen) atoms. The summed E-state index contributed by atoms with van der Waals surface area (Å²) in [6, 6.07) is 15.4. The molecule has 0 unspecified atom stereocenters. The molecule has 1 N–H and O–H groups in total. The zero-order valence-corrected chi connectivity index (χ0v) is 12.5. The van der Waals surface area contributed by atoms with E-state index in [-0.39, 0.29) is 6.61 Å². The minimum atomic E-state index is -0.139. The highest BCUT2D eigenvalue weighted by molar-refractivity contribution is 5.74. The summed E-state index contributed by atoms with van der Waals surface area (Å²) in [6.07, 6.45) is 0. The van der Waals surface area contributed by atoms with Gasteiger partial charge in [0.1, 0.15) is 11.4 Å². The lowest BCUT2D eigenvalue weighted by atomic mass is 10.00. The monoisotopic (exact) mass is 295 g/mol. The van der Waals surface area contributed by atoms with E-state index in [1.165, 1.54) is 0 Å². The molecule has 0 bridgehead atoms. The Balaban J connectivity index is 2.13. The lowest BCUT2D eigenvalue weighted by Crippen LogP contribution is -1.91. The summed E-state index contributed by atoms with van der Waals surface area (Å²) >= 11 is 0. The topological polar surface area (TPSA) is 55.5 Å². The molecular weight excluding hydrogens is 278 g/mol. The molecule has 1 heterocycles. The van der Waals surface area contributed by atoms with Crippen molar-refractivity contribution in [2.75, 3.05) is 7.11 Å². The van der Waals surface area contributed by atoms with Crippen LogP contribution in [0, 0.1) is 6.92 Å². The van der Waals surface area contributed by atoms with Gasteiger partial charge in [-0.25, -0.2) is 0 Å². The average Bonchev–Trinajstić information content (AvgIpc) is 2.99. The van der Waals surface area contributed by atoms with Crippen LogP contribution in [0.4, 0.5) is 0 Å². The first-order chi connectivity index (χ1) is 10.7. The Labute approximate surface area is 129 Å². The van der Waals surface area contributed by atoms with Gasteiger partial charge in [-0.15, -0.1) is 0 Å². The molecule has 2 aromatic carbocycles. The number of aryl methyl sites for hydroxylation is 1. The fourth-order valence-electron chi connectivity index (χ4n) is 2.49. The summed E-state index contributed by atoms with van der Waals surface area (Å²) in [5.41, 5.74) is 4.19. The molecule has 0 spiro atoms. The van der Waals surface area contributed by atoms with Gasteiger partial charge in [-0.05, 0) is 24.6 Å². The molecule has 0 amide bonds. The third-order valence-corrected chi connectivity index (χ3v) is 3.68. The molecule has 4 heteroatoms. The van der Waals surface area contributed by atoms with Crippen molar-refractivity contribution in [2.24, 2.45) is 0 Å². The number of aliphatic hydroxyl groups excluding tert-OH is 1. The largest absolute Gasteiger partial charge is 0.497 e.